The van der Waals surface area contributed by atoms with Crippen LogP contribution in [0, 0.1) is 6.92 Å². The second-order valence-corrected chi connectivity index (χ2v) is 7.66. The Hall–Kier alpha value is -2.07. The normalized spacial score (nSPS) is 19.1. The summed E-state index contributed by atoms with van der Waals surface area (Å²) in [6, 6.07) is 19.5. The third-order valence-electron chi connectivity index (χ3n) is 4.90. The van der Waals surface area contributed by atoms with Crippen molar-refractivity contribution in [3.05, 3.63) is 77.1 Å². The summed E-state index contributed by atoms with van der Waals surface area (Å²) in [7, 11) is 0. The molecule has 2 unspecified atom stereocenters. The number of aromatic nitrogens is 3. The van der Waals surface area contributed by atoms with Crippen molar-refractivity contribution in [3.63, 3.8) is 0 Å². The maximum absolute atomic E-state index is 4.54. The van der Waals surface area contributed by atoms with Crippen LogP contribution in [0.2, 0.25) is 0 Å². The first kappa shape index (κ1) is 16.4. The van der Waals surface area contributed by atoms with E-state index in [0.29, 0.717) is 11.8 Å². The predicted molar refractivity (Wildman–Crippen MR) is 103 cm³/mol. The quantitative estimate of drug-likeness (QED) is 0.575. The highest BCUT2D eigenvalue weighted by molar-refractivity contribution is 7.98. The summed E-state index contributed by atoms with van der Waals surface area (Å²) in [5.41, 5.74) is 4.05. The zero-order valence-electron chi connectivity index (χ0n) is 14.7. The lowest BCUT2D eigenvalue weighted by molar-refractivity contribution is 0.640. The topological polar surface area (TPSA) is 30.7 Å². The zero-order chi connectivity index (χ0) is 17.2. The Morgan fingerprint density at radius 1 is 1.00 bits per heavy atom. The lowest BCUT2D eigenvalue weighted by atomic mass is 10.1. The van der Waals surface area contributed by atoms with Gasteiger partial charge in [0.25, 0.3) is 0 Å². The molecule has 25 heavy (non-hydrogen) atoms. The predicted octanol–water partition coefficient (Wildman–Crippen LogP) is 5.17. The molecule has 1 heterocycles. The van der Waals surface area contributed by atoms with Gasteiger partial charge in [0.1, 0.15) is 5.82 Å². The van der Waals surface area contributed by atoms with Crippen LogP contribution in [0.1, 0.15) is 47.7 Å². The van der Waals surface area contributed by atoms with Gasteiger partial charge in [0.05, 0.1) is 0 Å². The monoisotopic (exact) mass is 349 g/mol. The number of aryl methyl sites for hydroxylation is 1. The molecule has 1 aliphatic rings. The van der Waals surface area contributed by atoms with Crippen LogP contribution in [0.5, 0.6) is 0 Å². The summed E-state index contributed by atoms with van der Waals surface area (Å²) >= 11 is 1.78. The fourth-order valence-electron chi connectivity index (χ4n) is 3.36. The van der Waals surface area contributed by atoms with Gasteiger partial charge in [-0.3, -0.25) is 0 Å². The smallest absolute Gasteiger partial charge is 0.191 e. The van der Waals surface area contributed by atoms with E-state index in [2.05, 4.69) is 83.2 Å². The molecule has 1 fully saturated rings. The van der Waals surface area contributed by atoms with Gasteiger partial charge in [0, 0.05) is 18.2 Å². The van der Waals surface area contributed by atoms with Crippen LogP contribution in [-0.4, -0.2) is 14.8 Å². The minimum absolute atomic E-state index is 0.517. The Balaban J connectivity index is 1.47. The zero-order valence-corrected chi connectivity index (χ0v) is 15.5. The summed E-state index contributed by atoms with van der Waals surface area (Å²) in [4.78, 5) is 0. The van der Waals surface area contributed by atoms with Gasteiger partial charge < -0.3 is 4.57 Å². The highest BCUT2D eigenvalue weighted by Crippen LogP contribution is 2.54. The molecule has 1 saturated carbocycles. The average molecular weight is 350 g/mol. The van der Waals surface area contributed by atoms with Crippen LogP contribution in [0.15, 0.2) is 59.8 Å². The Bertz CT molecular complexity index is 839. The standard InChI is InChI=1S/C21H23N3S/c1-3-24-20(19-13-18(19)17-7-5-4-6-8-17)22-23-21(24)25-14-16-11-9-15(2)10-12-16/h4-12,18-19H,3,13-14H2,1-2H3. The number of hydrogen-bond acceptors (Lipinski definition) is 3. The van der Waals surface area contributed by atoms with E-state index in [-0.39, 0.29) is 0 Å². The second kappa shape index (κ2) is 7.04. The Morgan fingerprint density at radius 2 is 1.76 bits per heavy atom. The molecular formula is C21H23N3S. The van der Waals surface area contributed by atoms with Crippen LogP contribution >= 0.6 is 11.8 Å². The molecule has 2 aromatic carbocycles. The Labute approximate surface area is 153 Å². The summed E-state index contributed by atoms with van der Waals surface area (Å²) in [5, 5.41) is 10.1. The summed E-state index contributed by atoms with van der Waals surface area (Å²) in [6.45, 7) is 5.23. The van der Waals surface area contributed by atoms with E-state index in [0.717, 1.165) is 23.3 Å². The van der Waals surface area contributed by atoms with Gasteiger partial charge in [-0.25, -0.2) is 0 Å². The molecule has 1 aliphatic carbocycles. The molecule has 3 nitrogen and oxygen atoms in total. The summed E-state index contributed by atoms with van der Waals surface area (Å²) < 4.78 is 2.30. The van der Waals surface area contributed by atoms with E-state index in [9.17, 15) is 0 Å². The van der Waals surface area contributed by atoms with Crippen molar-refractivity contribution in [1.82, 2.24) is 14.8 Å². The molecule has 128 valence electrons. The highest BCUT2D eigenvalue weighted by atomic mass is 32.2. The number of hydrogen-bond donors (Lipinski definition) is 0. The van der Waals surface area contributed by atoms with Gasteiger partial charge in [-0.1, -0.05) is 71.9 Å². The average Bonchev–Trinajstić information content (AvgIpc) is 3.34. The van der Waals surface area contributed by atoms with Crippen LogP contribution in [0.3, 0.4) is 0 Å². The van der Waals surface area contributed by atoms with E-state index in [1.54, 1.807) is 11.8 Å². The van der Waals surface area contributed by atoms with Crippen molar-refractivity contribution in [2.75, 3.05) is 0 Å². The van der Waals surface area contributed by atoms with Crippen molar-refractivity contribution >= 4 is 11.8 Å². The van der Waals surface area contributed by atoms with Crippen molar-refractivity contribution in [2.24, 2.45) is 0 Å². The molecule has 2 atom stereocenters. The Morgan fingerprint density at radius 3 is 2.48 bits per heavy atom. The lowest BCUT2D eigenvalue weighted by Crippen LogP contribution is -2.03. The molecule has 3 aromatic rings. The van der Waals surface area contributed by atoms with Crippen molar-refractivity contribution in [2.45, 2.75) is 49.6 Å². The molecule has 0 amide bonds. The molecule has 0 spiro atoms. The van der Waals surface area contributed by atoms with Crippen LogP contribution in [0.4, 0.5) is 0 Å². The van der Waals surface area contributed by atoms with Crippen LogP contribution in [-0.2, 0) is 12.3 Å². The van der Waals surface area contributed by atoms with Crippen molar-refractivity contribution in [1.29, 1.82) is 0 Å². The van der Waals surface area contributed by atoms with Crippen LogP contribution in [0.25, 0.3) is 0 Å². The molecule has 4 heteroatoms. The fourth-order valence-corrected chi connectivity index (χ4v) is 4.32. The van der Waals surface area contributed by atoms with E-state index < -0.39 is 0 Å². The summed E-state index contributed by atoms with van der Waals surface area (Å²) in [5.74, 6) is 3.21. The second-order valence-electron chi connectivity index (χ2n) is 6.72. The maximum Gasteiger partial charge on any atom is 0.191 e. The molecular weight excluding hydrogens is 326 g/mol. The van der Waals surface area contributed by atoms with Gasteiger partial charge in [0.15, 0.2) is 5.16 Å². The molecule has 0 bridgehead atoms. The number of rotatable bonds is 6. The minimum atomic E-state index is 0.517. The lowest BCUT2D eigenvalue weighted by Gasteiger charge is -2.07. The molecule has 0 N–H and O–H groups in total. The molecule has 0 saturated heterocycles. The minimum Gasteiger partial charge on any atom is -0.306 e. The van der Waals surface area contributed by atoms with Crippen molar-refractivity contribution in [3.8, 4) is 0 Å². The highest BCUT2D eigenvalue weighted by Gasteiger charge is 2.43. The van der Waals surface area contributed by atoms with Gasteiger partial charge in [0.2, 0.25) is 0 Å². The third-order valence-corrected chi connectivity index (χ3v) is 5.94. The fraction of sp³-hybridized carbons (Fsp3) is 0.333. The third kappa shape index (κ3) is 3.49. The van der Waals surface area contributed by atoms with Gasteiger partial charge >= 0.3 is 0 Å². The van der Waals surface area contributed by atoms with Gasteiger partial charge in [-0.05, 0) is 37.3 Å². The number of thioether (sulfide) groups is 1. The van der Waals surface area contributed by atoms with Crippen molar-refractivity contribution < 1.29 is 0 Å². The van der Waals surface area contributed by atoms with E-state index in [1.165, 1.54) is 23.1 Å². The first-order valence-corrected chi connectivity index (χ1v) is 9.91. The first-order valence-electron chi connectivity index (χ1n) is 8.92. The molecule has 0 aliphatic heterocycles. The summed E-state index contributed by atoms with van der Waals surface area (Å²) in [6.07, 6.45) is 1.19. The molecule has 1 aromatic heterocycles. The van der Waals surface area contributed by atoms with Gasteiger partial charge in [-0.15, -0.1) is 10.2 Å². The van der Waals surface area contributed by atoms with Gasteiger partial charge in [-0.2, -0.15) is 0 Å². The number of nitrogens with zero attached hydrogens (tertiary/aromatic N) is 3. The molecule has 4 rings (SSSR count). The van der Waals surface area contributed by atoms with E-state index in [1.807, 2.05) is 0 Å². The van der Waals surface area contributed by atoms with E-state index >= 15 is 0 Å². The number of benzene rings is 2. The molecule has 0 radical (unpaired) electrons. The van der Waals surface area contributed by atoms with E-state index in [4.69, 9.17) is 0 Å². The maximum atomic E-state index is 4.54. The SMILES string of the molecule is CCn1c(SCc2ccc(C)cc2)nnc1C1CC1c1ccccc1. The van der Waals surface area contributed by atoms with Crippen LogP contribution < -0.4 is 0 Å². The largest absolute Gasteiger partial charge is 0.306 e. The Kier molecular flexibility index (Phi) is 4.62. The first-order chi connectivity index (χ1) is 12.3.